The lowest BCUT2D eigenvalue weighted by Crippen LogP contribution is -2.52. The third kappa shape index (κ3) is 7.28. The Hall–Kier alpha value is -2.58. The number of carbonyl (C=O) groups is 3. The van der Waals surface area contributed by atoms with Gasteiger partial charge in [0, 0.05) is 13.3 Å². The number of rotatable bonds is 8. The lowest BCUT2D eigenvalue weighted by atomic mass is 9.98. The SMILES string of the molecule is CC(=O)N[C@@H](CC(C)C)C(=O)N[C@@H](Cc1ccccc1C(F)(F)F)C(=O)O. The molecule has 0 unspecified atom stereocenters. The number of hydrogen-bond donors (Lipinski definition) is 3. The Kier molecular flexibility index (Phi) is 7.81. The first kappa shape index (κ1) is 22.5. The second-order valence-corrected chi connectivity index (χ2v) is 6.64. The third-order valence-electron chi connectivity index (χ3n) is 3.76. The van der Waals surface area contributed by atoms with Gasteiger partial charge in [-0.05, 0) is 24.0 Å². The monoisotopic (exact) mass is 388 g/mol. The second-order valence-electron chi connectivity index (χ2n) is 6.64. The summed E-state index contributed by atoms with van der Waals surface area (Å²) in [6, 6.07) is 2.06. The maximum Gasteiger partial charge on any atom is 0.416 e. The molecule has 0 radical (unpaired) electrons. The Morgan fingerprint density at radius 2 is 1.67 bits per heavy atom. The fourth-order valence-electron chi connectivity index (χ4n) is 2.62. The highest BCUT2D eigenvalue weighted by Crippen LogP contribution is 2.32. The van der Waals surface area contributed by atoms with Gasteiger partial charge in [-0.25, -0.2) is 4.79 Å². The zero-order chi connectivity index (χ0) is 20.8. The number of carboxylic acid groups (broad SMARTS) is 1. The smallest absolute Gasteiger partial charge is 0.416 e. The molecule has 0 aliphatic heterocycles. The number of carbonyl (C=O) groups excluding carboxylic acids is 2. The normalized spacial score (nSPS) is 13.7. The minimum Gasteiger partial charge on any atom is -0.480 e. The van der Waals surface area contributed by atoms with Crippen LogP contribution in [0.5, 0.6) is 0 Å². The fraction of sp³-hybridized carbons (Fsp3) is 0.500. The van der Waals surface area contributed by atoms with Crippen molar-refractivity contribution in [3.8, 4) is 0 Å². The van der Waals surface area contributed by atoms with Gasteiger partial charge in [-0.2, -0.15) is 13.2 Å². The van der Waals surface area contributed by atoms with Crippen molar-refractivity contribution in [3.05, 3.63) is 35.4 Å². The molecule has 150 valence electrons. The number of alkyl halides is 3. The maximum atomic E-state index is 13.1. The molecule has 0 fully saturated rings. The van der Waals surface area contributed by atoms with Gasteiger partial charge in [0.2, 0.25) is 11.8 Å². The summed E-state index contributed by atoms with van der Waals surface area (Å²) < 4.78 is 39.3. The van der Waals surface area contributed by atoms with Crippen molar-refractivity contribution in [1.29, 1.82) is 0 Å². The predicted molar refractivity (Wildman–Crippen MR) is 91.8 cm³/mol. The van der Waals surface area contributed by atoms with Crippen LogP contribution in [0.4, 0.5) is 13.2 Å². The van der Waals surface area contributed by atoms with Crippen LogP contribution < -0.4 is 10.6 Å². The highest BCUT2D eigenvalue weighted by atomic mass is 19.4. The summed E-state index contributed by atoms with van der Waals surface area (Å²) in [5, 5.41) is 14.0. The summed E-state index contributed by atoms with van der Waals surface area (Å²) in [6.45, 7) is 4.85. The summed E-state index contributed by atoms with van der Waals surface area (Å²) in [5.74, 6) is -2.66. The molecule has 1 aromatic carbocycles. The number of carboxylic acids is 1. The van der Waals surface area contributed by atoms with Gasteiger partial charge < -0.3 is 15.7 Å². The maximum absolute atomic E-state index is 13.1. The quantitative estimate of drug-likeness (QED) is 0.637. The molecule has 0 saturated heterocycles. The van der Waals surface area contributed by atoms with Crippen LogP contribution in [0.3, 0.4) is 0 Å². The zero-order valence-electron chi connectivity index (χ0n) is 15.3. The molecular weight excluding hydrogens is 365 g/mol. The number of halogens is 3. The molecule has 2 amide bonds. The third-order valence-corrected chi connectivity index (χ3v) is 3.76. The van der Waals surface area contributed by atoms with Gasteiger partial charge in [0.15, 0.2) is 0 Å². The average molecular weight is 388 g/mol. The van der Waals surface area contributed by atoms with E-state index < -0.39 is 48.0 Å². The minimum absolute atomic E-state index is 0.0295. The van der Waals surface area contributed by atoms with Crippen LogP contribution >= 0.6 is 0 Å². The van der Waals surface area contributed by atoms with Crippen molar-refractivity contribution >= 4 is 17.8 Å². The summed E-state index contributed by atoms with van der Waals surface area (Å²) >= 11 is 0. The van der Waals surface area contributed by atoms with E-state index >= 15 is 0 Å². The Bertz CT molecular complexity index is 689. The van der Waals surface area contributed by atoms with E-state index in [1.165, 1.54) is 25.1 Å². The zero-order valence-corrected chi connectivity index (χ0v) is 15.3. The standard InChI is InChI=1S/C18H23F3N2O4/c1-10(2)8-14(22-11(3)24)16(25)23-15(17(26)27)9-12-6-4-5-7-13(12)18(19,20)21/h4-7,10,14-15H,8-9H2,1-3H3,(H,22,24)(H,23,25)(H,26,27)/t14-,15-/m0/s1. The van der Waals surface area contributed by atoms with Crippen molar-refractivity contribution < 1.29 is 32.7 Å². The van der Waals surface area contributed by atoms with Gasteiger partial charge in [-0.3, -0.25) is 9.59 Å². The molecule has 0 aliphatic carbocycles. The van der Waals surface area contributed by atoms with Crippen LogP contribution in [-0.4, -0.2) is 35.0 Å². The molecular formula is C18H23F3N2O4. The first-order valence-electron chi connectivity index (χ1n) is 8.37. The molecule has 1 rings (SSSR count). The molecule has 2 atom stereocenters. The minimum atomic E-state index is -4.64. The van der Waals surface area contributed by atoms with Crippen molar-refractivity contribution in [2.75, 3.05) is 0 Å². The van der Waals surface area contributed by atoms with Crippen LogP contribution in [0.25, 0.3) is 0 Å². The van der Waals surface area contributed by atoms with Crippen molar-refractivity contribution in [2.45, 2.75) is 51.9 Å². The summed E-state index contributed by atoms with van der Waals surface area (Å²) in [6.07, 6.45) is -4.91. The lowest BCUT2D eigenvalue weighted by Gasteiger charge is -2.23. The molecule has 0 aromatic heterocycles. The van der Waals surface area contributed by atoms with Crippen LogP contribution in [0, 0.1) is 5.92 Å². The Balaban J connectivity index is 3.02. The molecule has 0 heterocycles. The van der Waals surface area contributed by atoms with Gasteiger partial charge in [-0.15, -0.1) is 0 Å². The number of benzene rings is 1. The topological polar surface area (TPSA) is 95.5 Å². The van der Waals surface area contributed by atoms with Gasteiger partial charge in [0.05, 0.1) is 5.56 Å². The number of aliphatic carboxylic acids is 1. The van der Waals surface area contributed by atoms with E-state index in [0.717, 1.165) is 6.07 Å². The van der Waals surface area contributed by atoms with Gasteiger partial charge in [0.25, 0.3) is 0 Å². The number of amides is 2. The van der Waals surface area contributed by atoms with Crippen molar-refractivity contribution in [2.24, 2.45) is 5.92 Å². The van der Waals surface area contributed by atoms with Crippen LogP contribution in [0.1, 0.15) is 38.3 Å². The van der Waals surface area contributed by atoms with E-state index in [9.17, 15) is 32.7 Å². The Morgan fingerprint density at radius 3 is 2.15 bits per heavy atom. The van der Waals surface area contributed by atoms with Gasteiger partial charge in [-0.1, -0.05) is 32.0 Å². The van der Waals surface area contributed by atoms with E-state index in [4.69, 9.17) is 0 Å². The predicted octanol–water partition coefficient (Wildman–Crippen LogP) is 2.37. The second kappa shape index (κ2) is 9.38. The van der Waals surface area contributed by atoms with E-state index in [0.29, 0.717) is 0 Å². The highest BCUT2D eigenvalue weighted by molar-refractivity contribution is 5.90. The molecule has 0 saturated carbocycles. The first-order valence-corrected chi connectivity index (χ1v) is 8.37. The number of hydrogen-bond acceptors (Lipinski definition) is 3. The molecule has 27 heavy (non-hydrogen) atoms. The summed E-state index contributed by atoms with van der Waals surface area (Å²) in [4.78, 5) is 35.1. The fourth-order valence-corrected chi connectivity index (χ4v) is 2.62. The summed E-state index contributed by atoms with van der Waals surface area (Å²) in [5.41, 5.74) is -1.19. The van der Waals surface area contributed by atoms with E-state index in [-0.39, 0.29) is 17.9 Å². The molecule has 0 spiro atoms. The van der Waals surface area contributed by atoms with E-state index in [1.54, 1.807) is 0 Å². The molecule has 9 heteroatoms. The highest BCUT2D eigenvalue weighted by Gasteiger charge is 2.35. The van der Waals surface area contributed by atoms with E-state index in [1.807, 2.05) is 13.8 Å². The van der Waals surface area contributed by atoms with Crippen LogP contribution in [0.15, 0.2) is 24.3 Å². The molecule has 6 nitrogen and oxygen atoms in total. The summed E-state index contributed by atoms with van der Waals surface area (Å²) in [7, 11) is 0. The molecule has 1 aromatic rings. The van der Waals surface area contributed by atoms with E-state index in [2.05, 4.69) is 10.6 Å². The van der Waals surface area contributed by atoms with Gasteiger partial charge >= 0.3 is 12.1 Å². The Labute approximate surface area is 155 Å². The molecule has 3 N–H and O–H groups in total. The Morgan fingerprint density at radius 1 is 1.07 bits per heavy atom. The number of nitrogens with one attached hydrogen (secondary N) is 2. The van der Waals surface area contributed by atoms with Crippen molar-refractivity contribution in [3.63, 3.8) is 0 Å². The van der Waals surface area contributed by atoms with Gasteiger partial charge in [0.1, 0.15) is 12.1 Å². The van der Waals surface area contributed by atoms with Crippen molar-refractivity contribution in [1.82, 2.24) is 10.6 Å². The molecule has 0 bridgehead atoms. The largest absolute Gasteiger partial charge is 0.480 e. The van der Waals surface area contributed by atoms with Crippen LogP contribution in [-0.2, 0) is 27.0 Å². The van der Waals surface area contributed by atoms with Crippen LogP contribution in [0.2, 0.25) is 0 Å². The lowest BCUT2D eigenvalue weighted by molar-refractivity contribution is -0.143. The average Bonchev–Trinajstić information content (AvgIpc) is 2.52. The molecule has 0 aliphatic rings. The first-order chi connectivity index (χ1) is 12.4.